The summed E-state index contributed by atoms with van der Waals surface area (Å²) in [5.41, 5.74) is 2.49. The molecule has 0 aromatic heterocycles. The highest BCUT2D eigenvalue weighted by atomic mass is 16.2. The third kappa shape index (κ3) is 3.49. The van der Waals surface area contributed by atoms with E-state index in [2.05, 4.69) is 19.1 Å². The molecule has 0 N–H and O–H groups in total. The lowest BCUT2D eigenvalue weighted by atomic mass is 10.0. The van der Waals surface area contributed by atoms with Crippen LogP contribution in [0.2, 0.25) is 0 Å². The Morgan fingerprint density at radius 3 is 2.32 bits per heavy atom. The zero-order valence-corrected chi connectivity index (χ0v) is 13.3. The number of benzene rings is 1. The topological polar surface area (TPSA) is 40.6 Å². The Balaban J connectivity index is 1.45. The number of rotatable bonds is 4. The first kappa shape index (κ1) is 15.1. The number of aryl methyl sites for hydroxylation is 2. The van der Waals surface area contributed by atoms with Crippen LogP contribution in [0.15, 0.2) is 24.3 Å². The molecule has 2 amide bonds. The van der Waals surface area contributed by atoms with Crippen molar-refractivity contribution in [3.8, 4) is 0 Å². The van der Waals surface area contributed by atoms with Gasteiger partial charge in [-0.2, -0.15) is 0 Å². The summed E-state index contributed by atoms with van der Waals surface area (Å²) < 4.78 is 0. The van der Waals surface area contributed by atoms with Crippen LogP contribution in [0.1, 0.15) is 30.4 Å². The van der Waals surface area contributed by atoms with Crippen molar-refractivity contribution in [3.05, 3.63) is 35.4 Å². The maximum absolute atomic E-state index is 12.3. The van der Waals surface area contributed by atoms with E-state index in [0.29, 0.717) is 38.5 Å². The van der Waals surface area contributed by atoms with Crippen LogP contribution in [0.3, 0.4) is 0 Å². The second kappa shape index (κ2) is 6.51. The summed E-state index contributed by atoms with van der Waals surface area (Å²) >= 11 is 0. The minimum absolute atomic E-state index is 0.210. The first-order valence-electron chi connectivity index (χ1n) is 8.26. The summed E-state index contributed by atoms with van der Waals surface area (Å²) in [5, 5.41) is 0. The summed E-state index contributed by atoms with van der Waals surface area (Å²) in [6.07, 6.45) is 3.46. The van der Waals surface area contributed by atoms with Gasteiger partial charge < -0.3 is 9.80 Å². The number of hydrogen-bond donors (Lipinski definition) is 0. The van der Waals surface area contributed by atoms with E-state index in [1.807, 2.05) is 21.9 Å². The average molecular weight is 300 g/mol. The van der Waals surface area contributed by atoms with Crippen LogP contribution in [0.5, 0.6) is 0 Å². The highest BCUT2D eigenvalue weighted by Crippen LogP contribution is 2.31. The van der Waals surface area contributed by atoms with Crippen LogP contribution in [-0.4, -0.2) is 47.8 Å². The molecule has 1 heterocycles. The van der Waals surface area contributed by atoms with E-state index in [0.717, 1.165) is 19.3 Å². The van der Waals surface area contributed by atoms with Gasteiger partial charge in [0, 0.05) is 38.5 Å². The Labute approximate surface area is 132 Å². The summed E-state index contributed by atoms with van der Waals surface area (Å²) in [6.45, 7) is 4.86. The molecule has 4 heteroatoms. The lowest BCUT2D eigenvalue weighted by molar-refractivity contribution is -0.140. The number of carbonyl (C=O) groups excluding carboxylic acids is 2. The van der Waals surface area contributed by atoms with Crippen molar-refractivity contribution < 1.29 is 9.59 Å². The van der Waals surface area contributed by atoms with Gasteiger partial charge in [-0.05, 0) is 37.3 Å². The van der Waals surface area contributed by atoms with Gasteiger partial charge in [0.1, 0.15) is 0 Å². The van der Waals surface area contributed by atoms with Gasteiger partial charge in [0.15, 0.2) is 0 Å². The van der Waals surface area contributed by atoms with Crippen molar-refractivity contribution in [2.24, 2.45) is 5.92 Å². The van der Waals surface area contributed by atoms with Gasteiger partial charge in [0.2, 0.25) is 11.8 Å². The molecule has 22 heavy (non-hydrogen) atoms. The van der Waals surface area contributed by atoms with Gasteiger partial charge in [-0.1, -0.05) is 24.3 Å². The van der Waals surface area contributed by atoms with Crippen molar-refractivity contribution in [2.45, 2.75) is 32.6 Å². The molecule has 0 radical (unpaired) electrons. The summed E-state index contributed by atoms with van der Waals surface area (Å²) in [4.78, 5) is 28.2. The van der Waals surface area contributed by atoms with E-state index in [9.17, 15) is 9.59 Å². The lowest BCUT2D eigenvalue weighted by Gasteiger charge is -2.35. The molecule has 1 aliphatic heterocycles. The number of carbonyl (C=O) groups is 2. The van der Waals surface area contributed by atoms with E-state index in [1.165, 1.54) is 11.1 Å². The van der Waals surface area contributed by atoms with Crippen molar-refractivity contribution in [2.75, 3.05) is 26.2 Å². The molecule has 4 nitrogen and oxygen atoms in total. The van der Waals surface area contributed by atoms with Crippen molar-refractivity contribution in [3.63, 3.8) is 0 Å². The monoisotopic (exact) mass is 300 g/mol. The Bertz CT molecular complexity index is 558. The highest BCUT2D eigenvalue weighted by Gasteiger charge is 2.35. The molecule has 2 fully saturated rings. The molecular formula is C18H24N2O2. The third-order valence-electron chi connectivity index (χ3n) is 4.74. The molecule has 1 saturated heterocycles. The lowest BCUT2D eigenvalue weighted by Crippen LogP contribution is -2.51. The minimum atomic E-state index is 0.210. The smallest absolute Gasteiger partial charge is 0.225 e. The fraction of sp³-hybridized carbons (Fsp3) is 0.556. The quantitative estimate of drug-likeness (QED) is 0.853. The second-order valence-corrected chi connectivity index (χ2v) is 6.41. The molecule has 0 bridgehead atoms. The Kier molecular flexibility index (Phi) is 4.46. The molecule has 1 saturated carbocycles. The van der Waals surface area contributed by atoms with E-state index < -0.39 is 0 Å². The molecule has 3 rings (SSSR count). The molecule has 1 aliphatic carbocycles. The van der Waals surface area contributed by atoms with E-state index in [4.69, 9.17) is 0 Å². The first-order chi connectivity index (χ1) is 10.6. The maximum atomic E-state index is 12.3. The van der Waals surface area contributed by atoms with E-state index in [1.54, 1.807) is 0 Å². The molecular weight excluding hydrogens is 276 g/mol. The average Bonchev–Trinajstić information content (AvgIpc) is 3.38. The fourth-order valence-corrected chi connectivity index (χ4v) is 3.06. The largest absolute Gasteiger partial charge is 0.339 e. The summed E-state index contributed by atoms with van der Waals surface area (Å²) in [5.74, 6) is 0.789. The van der Waals surface area contributed by atoms with Gasteiger partial charge in [-0.3, -0.25) is 9.59 Å². The Morgan fingerprint density at radius 2 is 1.68 bits per heavy atom. The van der Waals surface area contributed by atoms with Gasteiger partial charge >= 0.3 is 0 Å². The molecule has 0 unspecified atom stereocenters. The zero-order chi connectivity index (χ0) is 15.5. The number of nitrogens with zero attached hydrogens (tertiary/aromatic N) is 2. The Morgan fingerprint density at radius 1 is 1.05 bits per heavy atom. The molecule has 0 spiro atoms. The molecule has 1 aromatic rings. The van der Waals surface area contributed by atoms with Crippen LogP contribution >= 0.6 is 0 Å². The van der Waals surface area contributed by atoms with Gasteiger partial charge in [0.25, 0.3) is 0 Å². The summed E-state index contributed by atoms with van der Waals surface area (Å²) in [7, 11) is 0. The predicted molar refractivity (Wildman–Crippen MR) is 85.4 cm³/mol. The van der Waals surface area contributed by atoms with Crippen LogP contribution in [0, 0.1) is 12.8 Å². The van der Waals surface area contributed by atoms with Crippen LogP contribution in [-0.2, 0) is 16.0 Å². The highest BCUT2D eigenvalue weighted by molar-refractivity contribution is 5.82. The minimum Gasteiger partial charge on any atom is -0.339 e. The maximum Gasteiger partial charge on any atom is 0.225 e. The first-order valence-corrected chi connectivity index (χ1v) is 8.26. The van der Waals surface area contributed by atoms with Gasteiger partial charge in [0.05, 0.1) is 0 Å². The second-order valence-electron chi connectivity index (χ2n) is 6.41. The van der Waals surface area contributed by atoms with E-state index in [-0.39, 0.29) is 11.8 Å². The molecule has 118 valence electrons. The fourth-order valence-electron chi connectivity index (χ4n) is 3.06. The number of piperazine rings is 1. The number of amides is 2. The molecule has 1 aromatic carbocycles. The van der Waals surface area contributed by atoms with Crippen molar-refractivity contribution in [1.82, 2.24) is 9.80 Å². The van der Waals surface area contributed by atoms with Crippen molar-refractivity contribution in [1.29, 1.82) is 0 Å². The van der Waals surface area contributed by atoms with Crippen LogP contribution in [0.4, 0.5) is 0 Å². The van der Waals surface area contributed by atoms with Gasteiger partial charge in [-0.15, -0.1) is 0 Å². The standard InChI is InChI=1S/C18H24N2O2/c1-14-4-2-3-5-15(14)8-9-17(21)19-10-12-20(13-11-19)18(22)16-6-7-16/h2-5,16H,6-13H2,1H3. The SMILES string of the molecule is Cc1ccccc1CCC(=O)N1CCN(C(=O)C2CC2)CC1. The van der Waals surface area contributed by atoms with E-state index >= 15 is 0 Å². The van der Waals surface area contributed by atoms with Crippen LogP contribution < -0.4 is 0 Å². The summed E-state index contributed by atoms with van der Waals surface area (Å²) in [6, 6.07) is 8.22. The Hall–Kier alpha value is -1.84. The predicted octanol–water partition coefficient (Wildman–Crippen LogP) is 2.01. The zero-order valence-electron chi connectivity index (χ0n) is 13.3. The third-order valence-corrected chi connectivity index (χ3v) is 4.74. The number of hydrogen-bond acceptors (Lipinski definition) is 2. The van der Waals surface area contributed by atoms with Gasteiger partial charge in [-0.25, -0.2) is 0 Å². The molecule has 2 aliphatic rings. The molecule has 0 atom stereocenters. The normalized spacial score (nSPS) is 18.4. The van der Waals surface area contributed by atoms with Crippen molar-refractivity contribution >= 4 is 11.8 Å². The van der Waals surface area contributed by atoms with Crippen LogP contribution in [0.25, 0.3) is 0 Å².